The van der Waals surface area contributed by atoms with Crippen molar-refractivity contribution in [3.8, 4) is 0 Å². The van der Waals surface area contributed by atoms with Gasteiger partial charge in [0.1, 0.15) is 0 Å². The molecule has 2 N–H and O–H groups in total. The average molecular weight is 280 g/mol. The number of carboxylic acids is 1. The number of hydrogen-bond donors (Lipinski definition) is 2. The molecule has 1 saturated carbocycles. The van der Waals surface area contributed by atoms with Crippen molar-refractivity contribution < 1.29 is 19.5 Å². The number of aliphatic carboxylic acids is 1. The fourth-order valence-corrected chi connectivity index (χ4v) is 3.74. The Morgan fingerprint density at radius 1 is 1.30 bits per heavy atom. The molecule has 2 bridgehead atoms. The third-order valence-corrected chi connectivity index (χ3v) is 5.12. The molecule has 2 unspecified atom stereocenters. The van der Waals surface area contributed by atoms with Crippen molar-refractivity contribution >= 4 is 17.8 Å². The average Bonchev–Trinajstić information content (AvgIpc) is 2.64. The monoisotopic (exact) mass is 280 g/mol. The SMILES string of the molecule is O=C1CC2CCC(CN1)N2C(=O)CC1(C(=O)O)CCC1. The fourth-order valence-electron chi connectivity index (χ4n) is 3.74. The van der Waals surface area contributed by atoms with Crippen molar-refractivity contribution in [3.05, 3.63) is 0 Å². The number of carbonyl (C=O) groups excluding carboxylic acids is 2. The molecule has 3 aliphatic rings. The normalized spacial score (nSPS) is 31.2. The Kier molecular flexibility index (Phi) is 3.18. The van der Waals surface area contributed by atoms with Crippen LogP contribution in [0.3, 0.4) is 0 Å². The van der Waals surface area contributed by atoms with E-state index in [4.69, 9.17) is 0 Å². The maximum Gasteiger partial charge on any atom is 0.310 e. The van der Waals surface area contributed by atoms with E-state index in [1.54, 1.807) is 4.90 Å². The zero-order valence-electron chi connectivity index (χ0n) is 11.4. The Labute approximate surface area is 117 Å². The van der Waals surface area contributed by atoms with Gasteiger partial charge in [0.25, 0.3) is 0 Å². The van der Waals surface area contributed by atoms with Gasteiger partial charge in [0.15, 0.2) is 0 Å². The van der Waals surface area contributed by atoms with E-state index in [1.807, 2.05) is 0 Å². The second-order valence-electron chi connectivity index (χ2n) is 6.31. The summed E-state index contributed by atoms with van der Waals surface area (Å²) in [7, 11) is 0. The molecule has 2 amide bonds. The lowest BCUT2D eigenvalue weighted by molar-refractivity contribution is -0.160. The molecule has 0 aromatic heterocycles. The fraction of sp³-hybridized carbons (Fsp3) is 0.786. The van der Waals surface area contributed by atoms with Gasteiger partial charge in [-0.3, -0.25) is 14.4 Å². The van der Waals surface area contributed by atoms with Gasteiger partial charge in [-0.15, -0.1) is 0 Å². The van der Waals surface area contributed by atoms with Gasteiger partial charge in [0.05, 0.1) is 5.41 Å². The van der Waals surface area contributed by atoms with E-state index in [9.17, 15) is 19.5 Å². The predicted octanol–water partition coefficient (Wildman–Crippen LogP) is 0.511. The van der Waals surface area contributed by atoms with Crippen molar-refractivity contribution in [1.29, 1.82) is 0 Å². The first-order chi connectivity index (χ1) is 9.52. The second kappa shape index (κ2) is 4.75. The zero-order chi connectivity index (χ0) is 14.3. The highest BCUT2D eigenvalue weighted by Gasteiger charge is 2.49. The first-order valence-corrected chi connectivity index (χ1v) is 7.33. The van der Waals surface area contributed by atoms with E-state index >= 15 is 0 Å². The summed E-state index contributed by atoms with van der Waals surface area (Å²) in [6.45, 7) is 0.501. The number of carbonyl (C=O) groups is 3. The minimum atomic E-state index is -0.853. The molecule has 2 heterocycles. The quantitative estimate of drug-likeness (QED) is 0.788. The maximum absolute atomic E-state index is 12.6. The number of fused-ring (bicyclic) bond motifs is 2. The van der Waals surface area contributed by atoms with Crippen LogP contribution < -0.4 is 5.32 Å². The van der Waals surface area contributed by atoms with Crippen LogP contribution in [0.4, 0.5) is 0 Å². The second-order valence-corrected chi connectivity index (χ2v) is 6.31. The van der Waals surface area contributed by atoms with E-state index in [2.05, 4.69) is 5.32 Å². The molecule has 6 heteroatoms. The van der Waals surface area contributed by atoms with Crippen LogP contribution in [0.2, 0.25) is 0 Å². The number of amides is 2. The minimum Gasteiger partial charge on any atom is -0.481 e. The Bertz CT molecular complexity index is 458. The van der Waals surface area contributed by atoms with Gasteiger partial charge in [-0.05, 0) is 25.7 Å². The van der Waals surface area contributed by atoms with Crippen LogP contribution >= 0.6 is 0 Å². The summed E-state index contributed by atoms with van der Waals surface area (Å²) in [5.74, 6) is -0.948. The zero-order valence-corrected chi connectivity index (χ0v) is 11.4. The molecule has 20 heavy (non-hydrogen) atoms. The lowest BCUT2D eigenvalue weighted by atomic mass is 9.66. The van der Waals surface area contributed by atoms with Gasteiger partial charge in [0, 0.05) is 31.5 Å². The summed E-state index contributed by atoms with van der Waals surface area (Å²) < 4.78 is 0. The first kappa shape index (κ1) is 13.4. The van der Waals surface area contributed by atoms with Crippen molar-refractivity contribution in [2.24, 2.45) is 5.41 Å². The summed E-state index contributed by atoms with van der Waals surface area (Å²) in [6.07, 6.45) is 4.25. The lowest BCUT2D eigenvalue weighted by Gasteiger charge is -2.39. The topological polar surface area (TPSA) is 86.7 Å². The molecule has 2 atom stereocenters. The molecule has 6 nitrogen and oxygen atoms in total. The number of carboxylic acid groups (broad SMARTS) is 1. The molecule has 2 saturated heterocycles. The van der Waals surface area contributed by atoms with E-state index < -0.39 is 11.4 Å². The molecule has 1 aliphatic carbocycles. The Morgan fingerprint density at radius 2 is 2.00 bits per heavy atom. The smallest absolute Gasteiger partial charge is 0.310 e. The molecule has 0 aromatic carbocycles. The Morgan fingerprint density at radius 3 is 2.60 bits per heavy atom. The summed E-state index contributed by atoms with van der Waals surface area (Å²) >= 11 is 0. The Hall–Kier alpha value is -1.59. The molecule has 0 aromatic rings. The van der Waals surface area contributed by atoms with Crippen LogP contribution in [0.5, 0.6) is 0 Å². The number of hydrogen-bond acceptors (Lipinski definition) is 3. The van der Waals surface area contributed by atoms with Gasteiger partial charge in [0.2, 0.25) is 11.8 Å². The summed E-state index contributed by atoms with van der Waals surface area (Å²) in [5, 5.41) is 12.2. The van der Waals surface area contributed by atoms with Crippen LogP contribution in [-0.2, 0) is 14.4 Å². The highest BCUT2D eigenvalue weighted by Crippen LogP contribution is 2.45. The third kappa shape index (κ3) is 2.07. The maximum atomic E-state index is 12.6. The van der Waals surface area contributed by atoms with E-state index in [-0.39, 0.29) is 30.3 Å². The van der Waals surface area contributed by atoms with Crippen molar-refractivity contribution in [1.82, 2.24) is 10.2 Å². The van der Waals surface area contributed by atoms with Crippen LogP contribution in [0.1, 0.15) is 44.9 Å². The lowest BCUT2D eigenvalue weighted by Crippen LogP contribution is -2.48. The highest BCUT2D eigenvalue weighted by molar-refractivity contribution is 5.87. The van der Waals surface area contributed by atoms with Gasteiger partial charge < -0.3 is 15.3 Å². The van der Waals surface area contributed by atoms with Crippen molar-refractivity contribution in [2.45, 2.75) is 57.0 Å². The molecule has 0 radical (unpaired) electrons. The molecule has 3 fully saturated rings. The van der Waals surface area contributed by atoms with Crippen molar-refractivity contribution in [2.75, 3.05) is 6.54 Å². The Balaban J connectivity index is 1.73. The number of nitrogens with one attached hydrogen (secondary N) is 1. The van der Waals surface area contributed by atoms with Crippen molar-refractivity contribution in [3.63, 3.8) is 0 Å². The van der Waals surface area contributed by atoms with Crippen LogP contribution in [0.15, 0.2) is 0 Å². The highest BCUT2D eigenvalue weighted by atomic mass is 16.4. The summed E-state index contributed by atoms with van der Waals surface area (Å²) in [4.78, 5) is 37.3. The van der Waals surface area contributed by atoms with E-state index in [1.165, 1.54) is 0 Å². The van der Waals surface area contributed by atoms with E-state index in [0.29, 0.717) is 25.8 Å². The van der Waals surface area contributed by atoms with E-state index in [0.717, 1.165) is 19.3 Å². The number of rotatable bonds is 3. The minimum absolute atomic E-state index is 0.00779. The molecule has 2 aliphatic heterocycles. The molecule has 3 rings (SSSR count). The first-order valence-electron chi connectivity index (χ1n) is 7.33. The van der Waals surface area contributed by atoms with Gasteiger partial charge in [-0.1, -0.05) is 6.42 Å². The van der Waals surface area contributed by atoms with Crippen LogP contribution in [0.25, 0.3) is 0 Å². The summed E-state index contributed by atoms with van der Waals surface area (Å²) in [6, 6.07) is 0.00536. The molecular weight excluding hydrogens is 260 g/mol. The molecule has 0 spiro atoms. The standard InChI is InChI=1S/C14H20N2O4/c17-11-6-9-2-3-10(8-15-11)16(9)12(18)7-14(13(19)20)4-1-5-14/h9-10H,1-8H2,(H,15,17)(H,19,20). The third-order valence-electron chi connectivity index (χ3n) is 5.12. The van der Waals surface area contributed by atoms with Gasteiger partial charge in [-0.25, -0.2) is 0 Å². The van der Waals surface area contributed by atoms with Crippen LogP contribution in [0, 0.1) is 5.41 Å². The molecule has 110 valence electrons. The number of nitrogens with zero attached hydrogens (tertiary/aromatic N) is 1. The predicted molar refractivity (Wildman–Crippen MR) is 69.8 cm³/mol. The largest absolute Gasteiger partial charge is 0.481 e. The summed E-state index contributed by atoms with van der Waals surface area (Å²) in [5.41, 5.74) is -0.847. The van der Waals surface area contributed by atoms with Crippen LogP contribution in [-0.4, -0.2) is 46.4 Å². The van der Waals surface area contributed by atoms with Gasteiger partial charge >= 0.3 is 5.97 Å². The van der Waals surface area contributed by atoms with Gasteiger partial charge in [-0.2, -0.15) is 0 Å². The molecular formula is C14H20N2O4.